The van der Waals surface area contributed by atoms with Gasteiger partial charge >= 0.3 is 11.9 Å². The maximum absolute atomic E-state index is 10.2. The van der Waals surface area contributed by atoms with Gasteiger partial charge in [-0.05, 0) is 6.42 Å². The van der Waals surface area contributed by atoms with E-state index < -0.39 is 11.9 Å². The van der Waals surface area contributed by atoms with Crippen LogP contribution in [0.1, 0.15) is 13.3 Å². The zero-order valence-electron chi connectivity index (χ0n) is 5.22. The standard InChI is InChI=1S/C5H9NO3/c1-2-3-9-5(8)4(6)7/h2-3H2,1H3,(H2,6,7). The van der Waals surface area contributed by atoms with Gasteiger partial charge in [0.2, 0.25) is 0 Å². The minimum Gasteiger partial charge on any atom is -0.459 e. The highest BCUT2D eigenvalue weighted by Gasteiger charge is 2.07. The van der Waals surface area contributed by atoms with E-state index in [0.29, 0.717) is 6.42 Å². The molecule has 0 bridgehead atoms. The zero-order valence-corrected chi connectivity index (χ0v) is 5.22. The molecule has 0 aromatic carbocycles. The van der Waals surface area contributed by atoms with Crippen molar-refractivity contribution in [2.24, 2.45) is 5.73 Å². The number of nitrogens with two attached hydrogens (primary N) is 1. The van der Waals surface area contributed by atoms with E-state index in [1.165, 1.54) is 0 Å². The number of ether oxygens (including phenoxy) is 1. The van der Waals surface area contributed by atoms with Crippen LogP contribution in [0.4, 0.5) is 0 Å². The van der Waals surface area contributed by atoms with E-state index in [1.54, 1.807) is 0 Å². The van der Waals surface area contributed by atoms with Crippen LogP contribution in [-0.4, -0.2) is 18.5 Å². The van der Waals surface area contributed by atoms with Crippen LogP contribution in [-0.2, 0) is 14.3 Å². The third-order valence-electron chi connectivity index (χ3n) is 0.638. The number of rotatable bonds is 2. The Kier molecular flexibility index (Phi) is 3.43. The van der Waals surface area contributed by atoms with Crippen molar-refractivity contribution in [3.63, 3.8) is 0 Å². The molecule has 0 aromatic heterocycles. The lowest BCUT2D eigenvalue weighted by Gasteiger charge is -1.96. The van der Waals surface area contributed by atoms with E-state index in [9.17, 15) is 9.59 Å². The summed E-state index contributed by atoms with van der Waals surface area (Å²) < 4.78 is 4.34. The summed E-state index contributed by atoms with van der Waals surface area (Å²) in [6.07, 6.45) is 0.693. The van der Waals surface area contributed by atoms with E-state index in [4.69, 9.17) is 0 Å². The maximum atomic E-state index is 10.2. The van der Waals surface area contributed by atoms with Gasteiger partial charge in [0.25, 0.3) is 0 Å². The molecule has 4 nitrogen and oxygen atoms in total. The minimum atomic E-state index is -1.04. The van der Waals surface area contributed by atoms with Crippen LogP contribution in [0.25, 0.3) is 0 Å². The van der Waals surface area contributed by atoms with Crippen molar-refractivity contribution >= 4 is 11.9 Å². The van der Waals surface area contributed by atoms with E-state index in [1.807, 2.05) is 6.92 Å². The number of esters is 1. The van der Waals surface area contributed by atoms with E-state index in [2.05, 4.69) is 10.5 Å². The second kappa shape index (κ2) is 3.88. The highest BCUT2D eigenvalue weighted by molar-refractivity contribution is 6.31. The van der Waals surface area contributed by atoms with Crippen LogP contribution in [0.15, 0.2) is 0 Å². The van der Waals surface area contributed by atoms with Crippen LogP contribution in [0.5, 0.6) is 0 Å². The predicted molar refractivity (Wildman–Crippen MR) is 30.4 cm³/mol. The van der Waals surface area contributed by atoms with Crippen molar-refractivity contribution in [2.75, 3.05) is 6.61 Å². The van der Waals surface area contributed by atoms with Crippen LogP contribution in [0, 0.1) is 0 Å². The summed E-state index contributed by atoms with van der Waals surface area (Å²) in [5.41, 5.74) is 4.56. The van der Waals surface area contributed by atoms with Crippen molar-refractivity contribution in [1.82, 2.24) is 0 Å². The van der Waals surface area contributed by atoms with E-state index in [0.717, 1.165) is 0 Å². The molecule has 2 N–H and O–H groups in total. The maximum Gasteiger partial charge on any atom is 0.396 e. The zero-order chi connectivity index (χ0) is 7.28. The van der Waals surface area contributed by atoms with Gasteiger partial charge in [0, 0.05) is 0 Å². The van der Waals surface area contributed by atoms with Gasteiger partial charge in [0.05, 0.1) is 6.61 Å². The lowest BCUT2D eigenvalue weighted by molar-refractivity contribution is -0.153. The summed E-state index contributed by atoms with van der Waals surface area (Å²) in [4.78, 5) is 20.2. The Hall–Kier alpha value is -1.06. The molecule has 0 rings (SSSR count). The summed E-state index contributed by atoms with van der Waals surface area (Å²) in [6.45, 7) is 2.08. The molecule has 0 heterocycles. The highest BCUT2D eigenvalue weighted by Crippen LogP contribution is 1.79. The first-order valence-corrected chi connectivity index (χ1v) is 2.65. The molecular weight excluding hydrogens is 122 g/mol. The normalized spacial score (nSPS) is 8.56. The first-order chi connectivity index (χ1) is 4.18. The van der Waals surface area contributed by atoms with E-state index >= 15 is 0 Å². The Bertz CT molecular complexity index is 121. The molecule has 52 valence electrons. The molecule has 9 heavy (non-hydrogen) atoms. The van der Waals surface area contributed by atoms with Gasteiger partial charge in [-0.3, -0.25) is 4.79 Å². The van der Waals surface area contributed by atoms with Crippen molar-refractivity contribution < 1.29 is 14.3 Å². The van der Waals surface area contributed by atoms with Crippen LogP contribution in [0.3, 0.4) is 0 Å². The molecule has 4 heteroatoms. The molecule has 0 aromatic rings. The Labute approximate surface area is 53.0 Å². The molecule has 0 aliphatic heterocycles. The van der Waals surface area contributed by atoms with E-state index in [-0.39, 0.29) is 6.61 Å². The molecule has 0 atom stereocenters. The first kappa shape index (κ1) is 7.94. The van der Waals surface area contributed by atoms with Gasteiger partial charge in [-0.25, -0.2) is 4.79 Å². The van der Waals surface area contributed by atoms with Gasteiger partial charge in [-0.1, -0.05) is 6.92 Å². The molecule has 0 saturated heterocycles. The number of hydrogen-bond donors (Lipinski definition) is 1. The third-order valence-corrected chi connectivity index (χ3v) is 0.638. The minimum absolute atomic E-state index is 0.252. The monoisotopic (exact) mass is 131 g/mol. The Morgan fingerprint density at radius 3 is 2.44 bits per heavy atom. The summed E-state index contributed by atoms with van der Waals surface area (Å²) >= 11 is 0. The van der Waals surface area contributed by atoms with Gasteiger partial charge < -0.3 is 10.5 Å². The SMILES string of the molecule is CCCOC(=O)C(N)=O. The number of amides is 1. The smallest absolute Gasteiger partial charge is 0.396 e. The lowest BCUT2D eigenvalue weighted by atomic mass is 10.5. The van der Waals surface area contributed by atoms with Gasteiger partial charge in [0.1, 0.15) is 0 Å². The summed E-state index contributed by atoms with van der Waals surface area (Å²) in [5, 5.41) is 0. The van der Waals surface area contributed by atoms with Crippen molar-refractivity contribution in [3.8, 4) is 0 Å². The Morgan fingerprint density at radius 2 is 2.11 bits per heavy atom. The van der Waals surface area contributed by atoms with Crippen LogP contribution < -0.4 is 5.73 Å². The first-order valence-electron chi connectivity index (χ1n) is 2.65. The molecule has 0 aliphatic carbocycles. The third kappa shape index (κ3) is 3.52. The van der Waals surface area contributed by atoms with Crippen molar-refractivity contribution in [2.45, 2.75) is 13.3 Å². The van der Waals surface area contributed by atoms with Gasteiger partial charge in [0.15, 0.2) is 0 Å². The molecule has 0 saturated carbocycles. The summed E-state index contributed by atoms with van der Waals surface area (Å²) in [5.74, 6) is -2.00. The second-order valence-corrected chi connectivity index (χ2v) is 1.50. The van der Waals surface area contributed by atoms with Crippen molar-refractivity contribution in [3.05, 3.63) is 0 Å². The quantitative estimate of drug-likeness (QED) is 0.403. The molecule has 0 radical (unpaired) electrons. The summed E-state index contributed by atoms with van der Waals surface area (Å²) in [6, 6.07) is 0. The molecular formula is C5H9NO3. The van der Waals surface area contributed by atoms with Crippen LogP contribution in [0.2, 0.25) is 0 Å². The predicted octanol–water partition coefficient (Wildman–Crippen LogP) is -0.575. The van der Waals surface area contributed by atoms with Crippen molar-refractivity contribution in [1.29, 1.82) is 0 Å². The fourth-order valence-corrected chi connectivity index (χ4v) is 0.266. The average Bonchev–Trinajstić information content (AvgIpc) is 1.82. The molecule has 0 unspecified atom stereocenters. The highest BCUT2D eigenvalue weighted by atomic mass is 16.5. The number of carbonyl (C=O) groups excluding carboxylic acids is 2. The molecule has 0 fully saturated rings. The van der Waals surface area contributed by atoms with Gasteiger partial charge in [-0.15, -0.1) is 0 Å². The molecule has 1 amide bonds. The van der Waals surface area contributed by atoms with Gasteiger partial charge in [-0.2, -0.15) is 0 Å². The second-order valence-electron chi connectivity index (χ2n) is 1.50. The fourth-order valence-electron chi connectivity index (χ4n) is 0.266. The Morgan fingerprint density at radius 1 is 1.56 bits per heavy atom. The molecule has 0 spiro atoms. The number of hydrogen-bond acceptors (Lipinski definition) is 3. The van der Waals surface area contributed by atoms with Crippen LogP contribution >= 0.6 is 0 Å². The number of primary amides is 1. The summed E-state index contributed by atoms with van der Waals surface area (Å²) in [7, 11) is 0. The number of carbonyl (C=O) groups is 2. The topological polar surface area (TPSA) is 69.4 Å². The average molecular weight is 131 g/mol. The largest absolute Gasteiger partial charge is 0.459 e. The fraction of sp³-hybridized carbons (Fsp3) is 0.600. The lowest BCUT2D eigenvalue weighted by Crippen LogP contribution is -2.25. The Balaban J connectivity index is 3.39. The molecule has 0 aliphatic rings.